The number of benzene rings is 2. The van der Waals surface area contributed by atoms with Gasteiger partial charge in [-0.3, -0.25) is 9.71 Å². The Bertz CT molecular complexity index is 987. The number of hydrogen-bond donors (Lipinski definition) is 2. The van der Waals surface area contributed by atoms with Gasteiger partial charge in [0, 0.05) is 11.8 Å². The molecular weight excluding hydrogens is 349 g/mol. The van der Waals surface area contributed by atoms with Gasteiger partial charge in [-0.05, 0) is 35.9 Å². The van der Waals surface area contributed by atoms with Crippen molar-refractivity contribution < 1.29 is 22.7 Å². The Morgan fingerprint density at radius 1 is 1.28 bits per heavy atom. The van der Waals surface area contributed by atoms with Crippen LogP contribution >= 0.6 is 0 Å². The lowest BCUT2D eigenvalue weighted by atomic mass is 10.2. The molecule has 25 heavy (non-hydrogen) atoms. The molecule has 0 aromatic heterocycles. The standard InChI is InChI=1S/C16H14FN3O4S/c1-24-14-6-10(2-4-13(14)17)8-18-9-19-16-12-7-11(21)3-5-15(12)25(22,23)20-16/h2-8,21H,9H2,1H3,(H,19,20). The molecule has 130 valence electrons. The third kappa shape index (κ3) is 3.45. The van der Waals surface area contributed by atoms with Crippen LogP contribution in [0.5, 0.6) is 11.5 Å². The number of aliphatic imine (C=N–C) groups is 2. The summed E-state index contributed by atoms with van der Waals surface area (Å²) in [5, 5.41) is 9.53. The minimum atomic E-state index is -3.68. The molecule has 0 saturated carbocycles. The largest absolute Gasteiger partial charge is 0.508 e. The van der Waals surface area contributed by atoms with Crippen LogP contribution in [0, 0.1) is 5.82 Å². The van der Waals surface area contributed by atoms with Gasteiger partial charge in [-0.2, -0.15) is 0 Å². The molecule has 0 saturated heterocycles. The molecule has 0 radical (unpaired) electrons. The molecule has 7 nitrogen and oxygen atoms in total. The van der Waals surface area contributed by atoms with Crippen molar-refractivity contribution in [2.75, 3.05) is 13.8 Å². The molecule has 2 N–H and O–H groups in total. The monoisotopic (exact) mass is 363 g/mol. The van der Waals surface area contributed by atoms with E-state index in [1.807, 2.05) is 0 Å². The van der Waals surface area contributed by atoms with Crippen LogP contribution in [-0.2, 0) is 10.0 Å². The fourth-order valence-corrected chi connectivity index (χ4v) is 3.54. The Kier molecular flexibility index (Phi) is 4.41. The molecule has 0 aliphatic carbocycles. The number of phenols is 1. The van der Waals surface area contributed by atoms with Crippen LogP contribution in [0.4, 0.5) is 4.39 Å². The topological polar surface area (TPSA) is 100 Å². The minimum Gasteiger partial charge on any atom is -0.508 e. The first-order chi connectivity index (χ1) is 11.9. The lowest BCUT2D eigenvalue weighted by Crippen LogP contribution is -2.22. The zero-order valence-corrected chi connectivity index (χ0v) is 13.9. The summed E-state index contributed by atoms with van der Waals surface area (Å²) in [6.07, 6.45) is 1.47. The van der Waals surface area contributed by atoms with E-state index in [9.17, 15) is 17.9 Å². The Labute approximate surface area is 143 Å². The quantitative estimate of drug-likeness (QED) is 0.807. The number of aromatic hydroxyl groups is 1. The van der Waals surface area contributed by atoms with Gasteiger partial charge < -0.3 is 9.84 Å². The number of ether oxygens (including phenoxy) is 1. The molecule has 1 heterocycles. The Balaban J connectivity index is 1.79. The predicted octanol–water partition coefficient (Wildman–Crippen LogP) is 1.66. The second kappa shape index (κ2) is 6.52. The summed E-state index contributed by atoms with van der Waals surface area (Å²) < 4.78 is 44.5. The van der Waals surface area contributed by atoms with Crippen LogP contribution in [0.25, 0.3) is 0 Å². The average molecular weight is 363 g/mol. The van der Waals surface area contributed by atoms with Gasteiger partial charge in [-0.15, -0.1) is 0 Å². The predicted molar refractivity (Wildman–Crippen MR) is 90.4 cm³/mol. The fourth-order valence-electron chi connectivity index (χ4n) is 2.31. The number of nitrogens with zero attached hydrogens (tertiary/aromatic N) is 2. The van der Waals surface area contributed by atoms with Crippen LogP contribution in [0.15, 0.2) is 51.3 Å². The molecule has 0 unspecified atom stereocenters. The van der Waals surface area contributed by atoms with Gasteiger partial charge in [0.1, 0.15) is 18.3 Å². The van der Waals surface area contributed by atoms with Gasteiger partial charge in [0.25, 0.3) is 10.0 Å². The molecule has 1 aliphatic heterocycles. The van der Waals surface area contributed by atoms with Crippen molar-refractivity contribution in [2.24, 2.45) is 9.98 Å². The van der Waals surface area contributed by atoms with Crippen molar-refractivity contribution in [3.05, 3.63) is 53.3 Å². The third-order valence-corrected chi connectivity index (χ3v) is 4.86. The highest BCUT2D eigenvalue weighted by atomic mass is 32.2. The molecular formula is C16H14FN3O4S. The number of nitrogens with one attached hydrogen (secondary N) is 1. The van der Waals surface area contributed by atoms with Gasteiger partial charge >= 0.3 is 0 Å². The zero-order valence-electron chi connectivity index (χ0n) is 13.1. The highest BCUT2D eigenvalue weighted by Crippen LogP contribution is 2.26. The lowest BCUT2D eigenvalue weighted by Gasteiger charge is -2.02. The van der Waals surface area contributed by atoms with E-state index in [1.54, 1.807) is 0 Å². The number of rotatable bonds is 4. The molecule has 0 fully saturated rings. The summed E-state index contributed by atoms with van der Waals surface area (Å²) in [6, 6.07) is 8.19. The number of fused-ring (bicyclic) bond motifs is 1. The van der Waals surface area contributed by atoms with Crippen molar-refractivity contribution in [3.63, 3.8) is 0 Å². The van der Waals surface area contributed by atoms with Gasteiger partial charge in [0.05, 0.1) is 12.0 Å². The summed E-state index contributed by atoms with van der Waals surface area (Å²) in [7, 11) is -2.31. The van der Waals surface area contributed by atoms with E-state index < -0.39 is 15.8 Å². The maximum absolute atomic E-state index is 13.3. The highest BCUT2D eigenvalue weighted by Gasteiger charge is 2.30. The van der Waals surface area contributed by atoms with Crippen LogP contribution in [0.2, 0.25) is 0 Å². The Hall–Kier alpha value is -2.94. The molecule has 1 aliphatic rings. The van der Waals surface area contributed by atoms with E-state index in [2.05, 4.69) is 14.7 Å². The van der Waals surface area contributed by atoms with Crippen molar-refractivity contribution in [1.29, 1.82) is 0 Å². The van der Waals surface area contributed by atoms with Crippen molar-refractivity contribution in [1.82, 2.24) is 4.72 Å². The summed E-state index contributed by atoms with van der Waals surface area (Å²) in [4.78, 5) is 8.21. The van der Waals surface area contributed by atoms with E-state index >= 15 is 0 Å². The summed E-state index contributed by atoms with van der Waals surface area (Å²) in [5.41, 5.74) is 0.905. The van der Waals surface area contributed by atoms with Gasteiger partial charge in [0.15, 0.2) is 11.6 Å². The van der Waals surface area contributed by atoms with E-state index in [4.69, 9.17) is 4.74 Å². The molecule has 2 aromatic carbocycles. The lowest BCUT2D eigenvalue weighted by molar-refractivity contribution is 0.386. The van der Waals surface area contributed by atoms with Gasteiger partial charge in [-0.25, -0.2) is 17.8 Å². The second-order valence-electron chi connectivity index (χ2n) is 5.14. The zero-order chi connectivity index (χ0) is 18.0. The first kappa shape index (κ1) is 16.9. The first-order valence-corrected chi connectivity index (χ1v) is 8.63. The molecule has 0 atom stereocenters. The number of hydrogen-bond acceptors (Lipinski definition) is 6. The molecule has 2 aromatic rings. The molecule has 9 heteroatoms. The average Bonchev–Trinajstić information content (AvgIpc) is 2.83. The van der Waals surface area contributed by atoms with Crippen molar-refractivity contribution in [3.8, 4) is 11.5 Å². The number of halogens is 1. The summed E-state index contributed by atoms with van der Waals surface area (Å²) in [5.74, 6) is -0.327. The van der Waals surface area contributed by atoms with Crippen LogP contribution in [0.3, 0.4) is 0 Å². The van der Waals surface area contributed by atoms with Gasteiger partial charge in [-0.1, -0.05) is 6.07 Å². The SMILES string of the molecule is COc1cc(C=NCN=C2NS(=O)(=O)c3ccc(O)cc32)ccc1F. The Morgan fingerprint density at radius 3 is 2.84 bits per heavy atom. The molecule has 0 spiro atoms. The van der Waals surface area contributed by atoms with Crippen LogP contribution in [-0.4, -0.2) is 39.4 Å². The summed E-state index contributed by atoms with van der Waals surface area (Å²) in [6.45, 7) is -0.0490. The number of sulfonamides is 1. The number of amidine groups is 1. The normalized spacial score (nSPS) is 16.8. The Morgan fingerprint density at radius 2 is 2.08 bits per heavy atom. The third-order valence-electron chi connectivity index (χ3n) is 3.46. The van der Waals surface area contributed by atoms with E-state index in [1.165, 1.54) is 49.7 Å². The maximum Gasteiger partial charge on any atom is 0.263 e. The van der Waals surface area contributed by atoms with E-state index in [0.717, 1.165) is 0 Å². The second-order valence-corrected chi connectivity index (χ2v) is 6.79. The number of methoxy groups -OCH3 is 1. The van der Waals surface area contributed by atoms with Crippen molar-refractivity contribution in [2.45, 2.75) is 4.90 Å². The molecule has 0 amide bonds. The molecule has 3 rings (SSSR count). The fraction of sp³-hybridized carbons (Fsp3) is 0.125. The van der Waals surface area contributed by atoms with E-state index in [0.29, 0.717) is 11.1 Å². The minimum absolute atomic E-state index is 0.0490. The smallest absolute Gasteiger partial charge is 0.263 e. The van der Waals surface area contributed by atoms with Crippen molar-refractivity contribution >= 4 is 22.1 Å². The number of phenolic OH excluding ortho intramolecular Hbond substituents is 1. The first-order valence-electron chi connectivity index (χ1n) is 7.15. The van der Waals surface area contributed by atoms with Crippen LogP contribution < -0.4 is 9.46 Å². The van der Waals surface area contributed by atoms with Gasteiger partial charge in [0.2, 0.25) is 0 Å². The highest BCUT2D eigenvalue weighted by molar-refractivity contribution is 7.90. The summed E-state index contributed by atoms with van der Waals surface area (Å²) >= 11 is 0. The molecule has 0 bridgehead atoms. The van der Waals surface area contributed by atoms with E-state index in [-0.39, 0.29) is 28.9 Å². The van der Waals surface area contributed by atoms with Crippen LogP contribution in [0.1, 0.15) is 11.1 Å². The maximum atomic E-state index is 13.3.